The van der Waals surface area contributed by atoms with Gasteiger partial charge in [-0.25, -0.2) is 0 Å². The second-order valence-corrected chi connectivity index (χ2v) is 2.68. The molecule has 0 saturated carbocycles. The molecule has 0 aliphatic heterocycles. The third-order valence-corrected chi connectivity index (χ3v) is 1.24. The predicted octanol–water partition coefficient (Wildman–Crippen LogP) is -0.104. The van der Waals surface area contributed by atoms with Gasteiger partial charge in [0.25, 0.3) is 0 Å². The van der Waals surface area contributed by atoms with Crippen molar-refractivity contribution in [3.05, 3.63) is 12.3 Å². The van der Waals surface area contributed by atoms with Crippen LogP contribution in [0.1, 0.15) is 0 Å². The minimum Gasteiger partial charge on any atom is -0.337 e. The fraction of sp³-hybridized carbons (Fsp3) is 0.571. The van der Waals surface area contributed by atoms with E-state index < -0.39 is 0 Å². The molecule has 4 heteroatoms. The van der Waals surface area contributed by atoms with Gasteiger partial charge in [-0.15, -0.1) is 0 Å². The SMILES string of the molecule is C=C(CN(C)C)N(C)/C=N\N. The van der Waals surface area contributed by atoms with Gasteiger partial charge in [-0.1, -0.05) is 6.58 Å². The Bertz CT molecular complexity index is 151. The maximum atomic E-state index is 4.97. The molecule has 0 aliphatic rings. The molecule has 0 unspecified atom stereocenters. The Kier molecular flexibility index (Phi) is 4.29. The monoisotopic (exact) mass is 156 g/mol. The lowest BCUT2D eigenvalue weighted by Gasteiger charge is -2.19. The second-order valence-electron chi connectivity index (χ2n) is 2.68. The minimum absolute atomic E-state index is 0.808. The number of likely N-dealkylation sites (N-methyl/N-ethyl adjacent to an activating group) is 2. The largest absolute Gasteiger partial charge is 0.337 e. The van der Waals surface area contributed by atoms with Crippen molar-refractivity contribution in [3.8, 4) is 0 Å². The van der Waals surface area contributed by atoms with Crippen molar-refractivity contribution in [2.75, 3.05) is 27.7 Å². The van der Waals surface area contributed by atoms with E-state index in [1.54, 1.807) is 4.90 Å². The number of nitrogens with zero attached hydrogens (tertiary/aromatic N) is 3. The summed E-state index contributed by atoms with van der Waals surface area (Å²) >= 11 is 0. The van der Waals surface area contributed by atoms with Crippen LogP contribution < -0.4 is 5.84 Å². The summed E-state index contributed by atoms with van der Waals surface area (Å²) in [6, 6.07) is 0. The molecule has 4 nitrogen and oxygen atoms in total. The zero-order valence-corrected chi connectivity index (χ0v) is 7.41. The molecule has 0 aromatic rings. The molecule has 0 spiro atoms. The first-order valence-electron chi connectivity index (χ1n) is 3.36. The van der Waals surface area contributed by atoms with E-state index in [0.29, 0.717) is 0 Å². The molecule has 11 heavy (non-hydrogen) atoms. The van der Waals surface area contributed by atoms with Gasteiger partial charge in [0.2, 0.25) is 0 Å². The number of rotatable bonds is 4. The van der Waals surface area contributed by atoms with Crippen molar-refractivity contribution in [3.63, 3.8) is 0 Å². The normalized spacial score (nSPS) is 10.9. The maximum Gasteiger partial charge on any atom is 0.114 e. The van der Waals surface area contributed by atoms with E-state index in [1.807, 2.05) is 26.0 Å². The van der Waals surface area contributed by atoms with Crippen molar-refractivity contribution in [1.82, 2.24) is 9.80 Å². The number of hydrazone groups is 1. The lowest BCUT2D eigenvalue weighted by molar-refractivity contribution is 0.410. The third kappa shape index (κ3) is 4.38. The van der Waals surface area contributed by atoms with Gasteiger partial charge in [-0.2, -0.15) is 5.10 Å². The van der Waals surface area contributed by atoms with Crippen LogP contribution in [0.15, 0.2) is 17.4 Å². The number of hydrogen-bond acceptors (Lipinski definition) is 3. The van der Waals surface area contributed by atoms with Crippen molar-refractivity contribution in [2.24, 2.45) is 10.9 Å². The van der Waals surface area contributed by atoms with Gasteiger partial charge in [0.15, 0.2) is 0 Å². The van der Waals surface area contributed by atoms with E-state index in [9.17, 15) is 0 Å². The van der Waals surface area contributed by atoms with Gasteiger partial charge in [0, 0.05) is 19.3 Å². The number of nitrogens with two attached hydrogens (primary N) is 1. The topological polar surface area (TPSA) is 44.9 Å². The first kappa shape index (κ1) is 9.97. The first-order chi connectivity index (χ1) is 5.07. The molecule has 2 N–H and O–H groups in total. The molecule has 0 atom stereocenters. The summed E-state index contributed by atoms with van der Waals surface area (Å²) in [5, 5.41) is 3.39. The molecule has 0 aliphatic carbocycles. The Balaban J connectivity index is 3.83. The van der Waals surface area contributed by atoms with Crippen LogP contribution in [0, 0.1) is 0 Å². The molecule has 0 heterocycles. The quantitative estimate of drug-likeness (QED) is 0.267. The van der Waals surface area contributed by atoms with Crippen molar-refractivity contribution in [2.45, 2.75) is 0 Å². The molecule has 0 saturated heterocycles. The molecule has 0 amide bonds. The van der Waals surface area contributed by atoms with Gasteiger partial charge >= 0.3 is 0 Å². The Morgan fingerprint density at radius 2 is 2.09 bits per heavy atom. The van der Waals surface area contributed by atoms with Gasteiger partial charge in [-0.3, -0.25) is 0 Å². The zero-order chi connectivity index (χ0) is 8.85. The summed E-state index contributed by atoms with van der Waals surface area (Å²) < 4.78 is 0. The smallest absolute Gasteiger partial charge is 0.114 e. The molecular weight excluding hydrogens is 140 g/mol. The van der Waals surface area contributed by atoms with E-state index in [-0.39, 0.29) is 0 Å². The third-order valence-electron chi connectivity index (χ3n) is 1.24. The molecule has 0 rings (SSSR count). The highest BCUT2D eigenvalue weighted by Gasteiger charge is 1.99. The fourth-order valence-electron chi connectivity index (χ4n) is 0.658. The van der Waals surface area contributed by atoms with Crippen LogP contribution in [0.3, 0.4) is 0 Å². The van der Waals surface area contributed by atoms with Crippen LogP contribution in [0.5, 0.6) is 0 Å². The zero-order valence-electron chi connectivity index (χ0n) is 7.41. The van der Waals surface area contributed by atoms with Gasteiger partial charge in [0.05, 0.1) is 0 Å². The predicted molar refractivity (Wildman–Crippen MR) is 48.1 cm³/mol. The fourth-order valence-corrected chi connectivity index (χ4v) is 0.658. The first-order valence-corrected chi connectivity index (χ1v) is 3.36. The summed E-state index contributed by atoms with van der Waals surface area (Å²) in [6.07, 6.45) is 1.53. The van der Waals surface area contributed by atoms with Crippen LogP contribution in [-0.4, -0.2) is 43.8 Å². The highest BCUT2D eigenvalue weighted by molar-refractivity contribution is 5.56. The summed E-state index contributed by atoms with van der Waals surface area (Å²) in [7, 11) is 5.83. The lowest BCUT2D eigenvalue weighted by atomic mass is 10.4. The molecule has 0 radical (unpaired) electrons. The van der Waals surface area contributed by atoms with E-state index in [4.69, 9.17) is 5.84 Å². The van der Waals surface area contributed by atoms with Crippen LogP contribution in [0.2, 0.25) is 0 Å². The Hall–Kier alpha value is -1.03. The molecule has 0 aromatic heterocycles. The van der Waals surface area contributed by atoms with Crippen LogP contribution >= 0.6 is 0 Å². The van der Waals surface area contributed by atoms with E-state index in [1.165, 1.54) is 6.34 Å². The van der Waals surface area contributed by atoms with Crippen LogP contribution in [0.25, 0.3) is 0 Å². The van der Waals surface area contributed by atoms with Gasteiger partial charge in [-0.05, 0) is 14.1 Å². The summed E-state index contributed by atoms with van der Waals surface area (Å²) in [5.74, 6) is 4.97. The number of hydrogen-bond donors (Lipinski definition) is 1. The average molecular weight is 156 g/mol. The van der Waals surface area contributed by atoms with Crippen molar-refractivity contribution >= 4 is 6.34 Å². The molecule has 0 fully saturated rings. The Morgan fingerprint density at radius 3 is 2.45 bits per heavy atom. The Morgan fingerprint density at radius 1 is 1.55 bits per heavy atom. The standard InChI is InChI=1S/C7H16N4/c1-7(5-10(2)3)11(4)6-9-8/h6H,1,5,8H2,2-4H3/b9-6-. The van der Waals surface area contributed by atoms with Crippen molar-refractivity contribution < 1.29 is 0 Å². The molecule has 0 aromatic carbocycles. The Labute approximate surface area is 68.0 Å². The van der Waals surface area contributed by atoms with Crippen molar-refractivity contribution in [1.29, 1.82) is 0 Å². The average Bonchev–Trinajstić information content (AvgIpc) is 1.86. The van der Waals surface area contributed by atoms with E-state index in [2.05, 4.69) is 11.7 Å². The van der Waals surface area contributed by atoms with Gasteiger partial charge in [0.1, 0.15) is 6.34 Å². The summed E-state index contributed by atoms with van der Waals surface area (Å²) in [6.45, 7) is 4.66. The molecule has 64 valence electrons. The van der Waals surface area contributed by atoms with Crippen LogP contribution in [-0.2, 0) is 0 Å². The highest BCUT2D eigenvalue weighted by atomic mass is 15.2. The minimum atomic E-state index is 0.808. The molecule has 0 bridgehead atoms. The van der Waals surface area contributed by atoms with E-state index in [0.717, 1.165) is 12.2 Å². The highest BCUT2D eigenvalue weighted by Crippen LogP contribution is 1.95. The second kappa shape index (κ2) is 4.73. The maximum absolute atomic E-state index is 4.97. The lowest BCUT2D eigenvalue weighted by Crippen LogP contribution is -2.25. The molecular formula is C7H16N4. The van der Waals surface area contributed by atoms with Crippen LogP contribution in [0.4, 0.5) is 0 Å². The summed E-state index contributed by atoms with van der Waals surface area (Å²) in [5.41, 5.74) is 0.962. The summed E-state index contributed by atoms with van der Waals surface area (Å²) in [4.78, 5) is 3.82. The van der Waals surface area contributed by atoms with Gasteiger partial charge < -0.3 is 15.6 Å². The van der Waals surface area contributed by atoms with E-state index >= 15 is 0 Å².